The highest BCUT2D eigenvalue weighted by molar-refractivity contribution is 6.31. The smallest absolute Gasteiger partial charge is 0.147 e. The van der Waals surface area contributed by atoms with Crippen molar-refractivity contribution in [2.45, 2.75) is 0 Å². The Hall–Kier alpha value is -0.725. The lowest BCUT2D eigenvalue weighted by Gasteiger charge is -1.72. The number of carbonyl (C=O) groups is 1. The van der Waals surface area contributed by atoms with Crippen molar-refractivity contribution in [3.8, 4) is 0 Å². The first-order valence-corrected chi connectivity index (χ1v) is 1.57. The zero-order chi connectivity index (χ0) is 4.99. The molecule has 0 rings (SSSR count). The van der Waals surface area contributed by atoms with Gasteiger partial charge in [0.2, 0.25) is 0 Å². The van der Waals surface area contributed by atoms with E-state index in [0.717, 1.165) is 6.26 Å². The molecule has 0 radical (unpaired) electrons. The van der Waals surface area contributed by atoms with Gasteiger partial charge in [-0.05, 0) is 5.47 Å². The van der Waals surface area contributed by atoms with Gasteiger partial charge in [-0.3, -0.25) is 4.79 Å². The zero-order valence-corrected chi connectivity index (χ0v) is 3.51. The second-order valence-corrected chi connectivity index (χ2v) is 0.991. The molecule has 0 atom stereocenters. The molecule has 0 aliphatic carbocycles. The monoisotopic (exact) mass is 84.0 g/mol. The van der Waals surface area contributed by atoms with Crippen molar-refractivity contribution in [2.75, 3.05) is 0 Å². The van der Waals surface area contributed by atoms with E-state index in [4.69, 9.17) is 5.11 Å². The van der Waals surface area contributed by atoms with Gasteiger partial charge in [-0.25, -0.2) is 0 Å². The first-order valence-electron chi connectivity index (χ1n) is 1.57. The summed E-state index contributed by atoms with van der Waals surface area (Å²) in [5.74, 6) is 0. The number of hydrogen-bond acceptors (Lipinski definition) is 2. The normalized spacial score (nSPS) is 11.0. The summed E-state index contributed by atoms with van der Waals surface area (Å²) in [7, 11) is 1.52. The van der Waals surface area contributed by atoms with Crippen molar-refractivity contribution in [2.24, 2.45) is 0 Å². The standard InChI is InChI=1S/C3H5BO2/c4-3(1-5)2-6/h1-2,5H,4H2/b3-1+. The molecule has 0 aromatic heterocycles. The van der Waals surface area contributed by atoms with Crippen molar-refractivity contribution >= 4 is 14.1 Å². The predicted octanol–water partition coefficient (Wildman–Crippen LogP) is -0.782. The Morgan fingerprint density at radius 3 is 2.33 bits per heavy atom. The highest BCUT2D eigenvalue weighted by Gasteiger charge is 1.75. The Balaban J connectivity index is 3.50. The third-order valence-electron chi connectivity index (χ3n) is 0.390. The molecule has 0 saturated carbocycles. The van der Waals surface area contributed by atoms with Crippen LogP contribution in [-0.4, -0.2) is 19.2 Å². The minimum atomic E-state index is 0.343. The van der Waals surface area contributed by atoms with Crippen molar-refractivity contribution < 1.29 is 9.90 Å². The van der Waals surface area contributed by atoms with Gasteiger partial charge in [-0.1, -0.05) is 0 Å². The predicted molar refractivity (Wildman–Crippen MR) is 25.3 cm³/mol. The van der Waals surface area contributed by atoms with Crippen LogP contribution < -0.4 is 0 Å². The van der Waals surface area contributed by atoms with E-state index in [1.165, 1.54) is 7.85 Å². The molecule has 0 bridgehead atoms. The lowest BCUT2D eigenvalue weighted by atomic mass is 10.00. The first kappa shape index (κ1) is 5.27. The first-order chi connectivity index (χ1) is 2.81. The van der Waals surface area contributed by atoms with Gasteiger partial charge in [-0.2, -0.15) is 0 Å². The summed E-state index contributed by atoms with van der Waals surface area (Å²) in [5.41, 5.74) is 0.343. The van der Waals surface area contributed by atoms with Crippen LogP contribution in [-0.2, 0) is 4.79 Å². The molecule has 6 heavy (non-hydrogen) atoms. The van der Waals surface area contributed by atoms with E-state index >= 15 is 0 Å². The van der Waals surface area contributed by atoms with Crippen LogP contribution in [0, 0.1) is 0 Å². The van der Waals surface area contributed by atoms with E-state index < -0.39 is 0 Å². The van der Waals surface area contributed by atoms with Crippen LogP contribution in [0.2, 0.25) is 0 Å². The maximum absolute atomic E-state index is 9.51. The van der Waals surface area contributed by atoms with Gasteiger partial charge in [0.25, 0.3) is 0 Å². The lowest BCUT2D eigenvalue weighted by Crippen LogP contribution is -1.78. The molecule has 0 aliphatic rings. The molecule has 0 spiro atoms. The quantitative estimate of drug-likeness (QED) is 0.196. The summed E-state index contributed by atoms with van der Waals surface area (Å²) in [4.78, 5) is 9.51. The largest absolute Gasteiger partial charge is 0.516 e. The molecule has 0 aromatic rings. The van der Waals surface area contributed by atoms with Crippen LogP contribution in [0.5, 0.6) is 0 Å². The summed E-state index contributed by atoms with van der Waals surface area (Å²) in [6.07, 6.45) is 1.35. The molecular weight excluding hydrogens is 78.8 g/mol. The second kappa shape index (κ2) is 2.51. The van der Waals surface area contributed by atoms with Crippen LogP contribution in [0.25, 0.3) is 0 Å². The van der Waals surface area contributed by atoms with Crippen LogP contribution in [0.3, 0.4) is 0 Å². The highest BCUT2D eigenvalue weighted by atomic mass is 16.2. The van der Waals surface area contributed by atoms with Crippen molar-refractivity contribution in [3.63, 3.8) is 0 Å². The summed E-state index contributed by atoms with van der Waals surface area (Å²) in [6.45, 7) is 0. The number of aldehydes is 1. The lowest BCUT2D eigenvalue weighted by molar-refractivity contribution is -0.104. The number of rotatable bonds is 1. The molecule has 0 unspecified atom stereocenters. The third kappa shape index (κ3) is 1.58. The van der Waals surface area contributed by atoms with E-state index in [-0.39, 0.29) is 0 Å². The van der Waals surface area contributed by atoms with Gasteiger partial charge in [0.1, 0.15) is 14.1 Å². The number of hydrogen-bond donors (Lipinski definition) is 1. The summed E-state index contributed by atoms with van der Waals surface area (Å²) in [5, 5.41) is 7.94. The molecule has 32 valence electrons. The minimum Gasteiger partial charge on any atom is -0.516 e. The van der Waals surface area contributed by atoms with Crippen molar-refractivity contribution in [1.29, 1.82) is 0 Å². The second-order valence-electron chi connectivity index (χ2n) is 0.991. The van der Waals surface area contributed by atoms with E-state index in [2.05, 4.69) is 0 Å². The molecule has 3 heteroatoms. The van der Waals surface area contributed by atoms with Crippen molar-refractivity contribution in [1.82, 2.24) is 0 Å². The maximum Gasteiger partial charge on any atom is 0.147 e. The molecule has 2 nitrogen and oxygen atoms in total. The average molecular weight is 83.9 g/mol. The Labute approximate surface area is 36.9 Å². The molecule has 0 aromatic carbocycles. The summed E-state index contributed by atoms with van der Waals surface area (Å²) >= 11 is 0. The average Bonchev–Trinajstić information content (AvgIpc) is 1.65. The van der Waals surface area contributed by atoms with Gasteiger partial charge in [0, 0.05) is 0 Å². The summed E-state index contributed by atoms with van der Waals surface area (Å²) < 4.78 is 0. The SMILES string of the molecule is B/C(C=O)=C/O. The Kier molecular flexibility index (Phi) is 2.21. The number of allylic oxidation sites excluding steroid dienone is 1. The van der Waals surface area contributed by atoms with Crippen LogP contribution in [0.15, 0.2) is 11.7 Å². The Morgan fingerprint density at radius 2 is 2.33 bits per heavy atom. The molecule has 1 N–H and O–H groups in total. The van der Waals surface area contributed by atoms with Gasteiger partial charge >= 0.3 is 0 Å². The number of aliphatic hydroxyl groups is 1. The molecule has 0 heterocycles. The fourth-order valence-corrected chi connectivity index (χ4v) is 0.0304. The fourth-order valence-electron chi connectivity index (χ4n) is 0.0304. The van der Waals surface area contributed by atoms with Crippen LogP contribution >= 0.6 is 0 Å². The minimum absolute atomic E-state index is 0.343. The van der Waals surface area contributed by atoms with Gasteiger partial charge in [0.05, 0.1) is 6.26 Å². The van der Waals surface area contributed by atoms with Gasteiger partial charge in [-0.15, -0.1) is 0 Å². The third-order valence-corrected chi connectivity index (χ3v) is 0.390. The topological polar surface area (TPSA) is 37.3 Å². The summed E-state index contributed by atoms with van der Waals surface area (Å²) in [6, 6.07) is 0. The van der Waals surface area contributed by atoms with Gasteiger partial charge < -0.3 is 5.11 Å². The van der Waals surface area contributed by atoms with Crippen LogP contribution in [0.4, 0.5) is 0 Å². The maximum atomic E-state index is 9.51. The number of aliphatic hydroxyl groups excluding tert-OH is 1. The van der Waals surface area contributed by atoms with Crippen LogP contribution in [0.1, 0.15) is 0 Å². The molecule has 0 aliphatic heterocycles. The van der Waals surface area contributed by atoms with E-state index in [9.17, 15) is 4.79 Å². The van der Waals surface area contributed by atoms with Gasteiger partial charge in [0.15, 0.2) is 0 Å². The fraction of sp³-hybridized carbons (Fsp3) is 0. The highest BCUT2D eigenvalue weighted by Crippen LogP contribution is 1.70. The molecule has 0 saturated heterocycles. The Morgan fingerprint density at radius 1 is 1.83 bits per heavy atom. The van der Waals surface area contributed by atoms with E-state index in [0.29, 0.717) is 11.8 Å². The molecule has 0 fully saturated rings. The van der Waals surface area contributed by atoms with E-state index in [1.807, 2.05) is 0 Å². The Bertz CT molecular complexity index is 76.9. The molecular formula is C3H5BO2. The van der Waals surface area contributed by atoms with Crippen molar-refractivity contribution in [3.05, 3.63) is 11.7 Å². The zero-order valence-electron chi connectivity index (χ0n) is 3.51. The van der Waals surface area contributed by atoms with E-state index in [1.54, 1.807) is 0 Å². The molecule has 0 amide bonds. The number of carbonyl (C=O) groups excluding carboxylic acids is 1.